The molecule has 0 saturated carbocycles. The fourth-order valence-corrected chi connectivity index (χ4v) is 3.33. The molecule has 0 radical (unpaired) electrons. The van der Waals surface area contributed by atoms with Crippen LogP contribution in [0.25, 0.3) is 0 Å². The van der Waals surface area contributed by atoms with Crippen LogP contribution in [-0.4, -0.2) is 48.6 Å². The van der Waals surface area contributed by atoms with Crippen molar-refractivity contribution in [3.63, 3.8) is 0 Å². The van der Waals surface area contributed by atoms with Crippen molar-refractivity contribution in [2.75, 3.05) is 26.7 Å². The Labute approximate surface area is 164 Å². The molecule has 0 bridgehead atoms. The van der Waals surface area contributed by atoms with Crippen LogP contribution in [0.4, 0.5) is 5.69 Å². The van der Waals surface area contributed by atoms with E-state index in [9.17, 15) is 14.9 Å². The molecule has 0 aromatic heterocycles. The van der Waals surface area contributed by atoms with E-state index in [-0.39, 0.29) is 11.8 Å². The first kappa shape index (κ1) is 19.8. The van der Waals surface area contributed by atoms with Gasteiger partial charge in [-0.05, 0) is 55.6 Å². The highest BCUT2D eigenvalue weighted by atomic mass is 16.6. The molecule has 2 aromatic rings. The molecular weight excluding hydrogens is 360 g/mol. The molecule has 0 aliphatic carbocycles. The van der Waals surface area contributed by atoms with Gasteiger partial charge in [-0.2, -0.15) is 0 Å². The summed E-state index contributed by atoms with van der Waals surface area (Å²) in [6.07, 6.45) is 2.70. The van der Waals surface area contributed by atoms with Gasteiger partial charge in [0.05, 0.1) is 17.6 Å². The average Bonchev–Trinajstić information content (AvgIpc) is 3.15. The molecule has 1 aliphatic rings. The number of esters is 1. The van der Waals surface area contributed by atoms with Crippen molar-refractivity contribution in [3.8, 4) is 5.75 Å². The number of carbonyl (C=O) groups excluding carboxylic acids is 1. The quantitative estimate of drug-likeness (QED) is 0.394. The highest BCUT2D eigenvalue weighted by Crippen LogP contribution is 2.18. The zero-order chi connectivity index (χ0) is 19.9. The minimum Gasteiger partial charge on any atom is -0.497 e. The van der Waals surface area contributed by atoms with Crippen LogP contribution in [0.15, 0.2) is 48.5 Å². The van der Waals surface area contributed by atoms with Crippen LogP contribution in [0, 0.1) is 10.1 Å². The molecule has 1 saturated heterocycles. The first-order chi connectivity index (χ1) is 13.5. The molecule has 1 heterocycles. The maximum atomic E-state index is 12.2. The lowest BCUT2D eigenvalue weighted by molar-refractivity contribution is -0.384. The minimum absolute atomic E-state index is 0.0412. The first-order valence-electron chi connectivity index (χ1n) is 9.36. The highest BCUT2D eigenvalue weighted by molar-refractivity contribution is 5.89. The average molecular weight is 384 g/mol. The third kappa shape index (κ3) is 5.29. The molecule has 3 rings (SSSR count). The van der Waals surface area contributed by atoms with Crippen molar-refractivity contribution in [2.45, 2.75) is 25.4 Å². The Balaban J connectivity index is 1.40. The SMILES string of the molecule is COc1ccc(CCCN2CC[C@H](OC(=O)c3ccc([N+](=O)[O-])cc3)C2)cc1. The number of nitrogens with zero attached hydrogens (tertiary/aromatic N) is 2. The van der Waals surface area contributed by atoms with Gasteiger partial charge in [-0.15, -0.1) is 0 Å². The summed E-state index contributed by atoms with van der Waals surface area (Å²) < 4.78 is 10.7. The van der Waals surface area contributed by atoms with Gasteiger partial charge in [0, 0.05) is 25.2 Å². The number of benzene rings is 2. The number of ether oxygens (including phenoxy) is 2. The van der Waals surface area contributed by atoms with E-state index in [0.29, 0.717) is 5.56 Å². The smallest absolute Gasteiger partial charge is 0.338 e. The Morgan fingerprint density at radius 2 is 1.89 bits per heavy atom. The summed E-state index contributed by atoms with van der Waals surface area (Å²) >= 11 is 0. The second kappa shape index (κ2) is 9.32. The Morgan fingerprint density at radius 1 is 1.18 bits per heavy atom. The molecule has 28 heavy (non-hydrogen) atoms. The van der Waals surface area contributed by atoms with Crippen LogP contribution in [0.1, 0.15) is 28.8 Å². The molecular formula is C21H24N2O5. The fraction of sp³-hybridized carbons (Fsp3) is 0.381. The molecule has 1 atom stereocenters. The van der Waals surface area contributed by atoms with Crippen molar-refractivity contribution < 1.29 is 19.2 Å². The predicted molar refractivity (Wildman–Crippen MR) is 105 cm³/mol. The lowest BCUT2D eigenvalue weighted by atomic mass is 10.1. The van der Waals surface area contributed by atoms with Gasteiger partial charge >= 0.3 is 5.97 Å². The number of likely N-dealkylation sites (tertiary alicyclic amines) is 1. The maximum absolute atomic E-state index is 12.2. The summed E-state index contributed by atoms with van der Waals surface area (Å²) in [6.45, 7) is 2.58. The summed E-state index contributed by atoms with van der Waals surface area (Å²) in [5.41, 5.74) is 1.57. The van der Waals surface area contributed by atoms with Gasteiger partial charge in [-0.25, -0.2) is 4.79 Å². The van der Waals surface area contributed by atoms with Crippen LogP contribution < -0.4 is 4.74 Å². The number of nitro benzene ring substituents is 1. The van der Waals surface area contributed by atoms with Crippen molar-refractivity contribution in [2.24, 2.45) is 0 Å². The zero-order valence-corrected chi connectivity index (χ0v) is 15.9. The van der Waals surface area contributed by atoms with E-state index in [1.54, 1.807) is 7.11 Å². The molecule has 0 unspecified atom stereocenters. The van der Waals surface area contributed by atoms with Gasteiger partial charge in [0.15, 0.2) is 0 Å². The molecule has 7 heteroatoms. The summed E-state index contributed by atoms with van der Waals surface area (Å²) in [5.74, 6) is 0.431. The third-order valence-corrected chi connectivity index (χ3v) is 4.92. The second-order valence-electron chi connectivity index (χ2n) is 6.87. The van der Waals surface area contributed by atoms with E-state index in [1.807, 2.05) is 12.1 Å². The Morgan fingerprint density at radius 3 is 2.54 bits per heavy atom. The minimum atomic E-state index is -0.490. The second-order valence-corrected chi connectivity index (χ2v) is 6.87. The van der Waals surface area contributed by atoms with Crippen LogP contribution in [-0.2, 0) is 11.2 Å². The standard InChI is InChI=1S/C21H24N2O5/c1-27-19-10-4-16(5-11-19)3-2-13-22-14-12-20(15-22)28-21(24)17-6-8-18(9-7-17)23(25)26/h4-11,20H,2-3,12-15H2,1H3/t20-/m0/s1. The van der Waals surface area contributed by atoms with Crippen LogP contribution >= 0.6 is 0 Å². The number of aryl methyl sites for hydroxylation is 1. The number of nitro groups is 1. The number of rotatable bonds is 8. The molecule has 7 nitrogen and oxygen atoms in total. The number of non-ortho nitro benzene ring substituents is 1. The first-order valence-corrected chi connectivity index (χ1v) is 9.36. The summed E-state index contributed by atoms with van der Waals surface area (Å²) in [7, 11) is 1.66. The summed E-state index contributed by atoms with van der Waals surface area (Å²) in [4.78, 5) is 24.7. The number of methoxy groups -OCH3 is 1. The molecule has 0 amide bonds. The van der Waals surface area contributed by atoms with Gasteiger partial charge in [0.1, 0.15) is 11.9 Å². The van der Waals surface area contributed by atoms with Gasteiger partial charge < -0.3 is 9.47 Å². The Kier molecular flexibility index (Phi) is 6.60. The predicted octanol–water partition coefficient (Wildman–Crippen LogP) is 3.47. The van der Waals surface area contributed by atoms with Gasteiger partial charge in [-0.1, -0.05) is 12.1 Å². The van der Waals surface area contributed by atoms with E-state index in [2.05, 4.69) is 17.0 Å². The van der Waals surface area contributed by atoms with Crippen molar-refractivity contribution in [1.82, 2.24) is 4.90 Å². The van der Waals surface area contributed by atoms with Crippen molar-refractivity contribution >= 4 is 11.7 Å². The molecule has 1 fully saturated rings. The number of carbonyl (C=O) groups is 1. The highest BCUT2D eigenvalue weighted by Gasteiger charge is 2.25. The number of hydrogen-bond donors (Lipinski definition) is 0. The maximum Gasteiger partial charge on any atom is 0.338 e. The molecule has 148 valence electrons. The van der Waals surface area contributed by atoms with E-state index in [4.69, 9.17) is 9.47 Å². The summed E-state index contributed by atoms with van der Waals surface area (Å²) in [5, 5.41) is 10.7. The van der Waals surface area contributed by atoms with E-state index in [1.165, 1.54) is 29.8 Å². The Bertz CT molecular complexity index is 805. The van der Waals surface area contributed by atoms with Crippen LogP contribution in [0.5, 0.6) is 5.75 Å². The van der Waals surface area contributed by atoms with Crippen molar-refractivity contribution in [3.05, 3.63) is 69.8 Å². The molecule has 2 aromatic carbocycles. The molecule has 1 aliphatic heterocycles. The van der Waals surface area contributed by atoms with E-state index >= 15 is 0 Å². The third-order valence-electron chi connectivity index (χ3n) is 4.92. The molecule has 0 N–H and O–H groups in total. The number of hydrogen-bond acceptors (Lipinski definition) is 6. The lowest BCUT2D eigenvalue weighted by Gasteiger charge is -2.16. The van der Waals surface area contributed by atoms with Crippen LogP contribution in [0.2, 0.25) is 0 Å². The largest absolute Gasteiger partial charge is 0.497 e. The topological polar surface area (TPSA) is 81.9 Å². The van der Waals surface area contributed by atoms with Crippen molar-refractivity contribution in [1.29, 1.82) is 0 Å². The van der Waals surface area contributed by atoms with E-state index in [0.717, 1.165) is 44.6 Å². The van der Waals surface area contributed by atoms with Gasteiger partial charge in [0.2, 0.25) is 0 Å². The normalized spacial score (nSPS) is 16.7. The molecule has 0 spiro atoms. The summed E-state index contributed by atoms with van der Waals surface area (Å²) in [6, 6.07) is 13.6. The van der Waals surface area contributed by atoms with Gasteiger partial charge in [-0.3, -0.25) is 15.0 Å². The van der Waals surface area contributed by atoms with E-state index < -0.39 is 10.9 Å². The van der Waals surface area contributed by atoms with Gasteiger partial charge in [0.25, 0.3) is 5.69 Å². The van der Waals surface area contributed by atoms with Crippen LogP contribution in [0.3, 0.4) is 0 Å². The monoisotopic (exact) mass is 384 g/mol. The Hall–Kier alpha value is -2.93. The lowest BCUT2D eigenvalue weighted by Crippen LogP contribution is -2.26. The zero-order valence-electron chi connectivity index (χ0n) is 15.9. The fourth-order valence-electron chi connectivity index (χ4n) is 3.33.